The zero-order chi connectivity index (χ0) is 12.9. The Hall–Kier alpha value is -0.770. The third kappa shape index (κ3) is 4.94. The first kappa shape index (κ1) is 14.3. The molecule has 1 fully saturated rings. The SMILES string of the molecule is CC(C)(C)OC(=O)NC1(CN)CCCCCC1. The molecular weight excluding hydrogens is 216 g/mol. The molecule has 1 aliphatic carbocycles. The number of hydrogen-bond acceptors (Lipinski definition) is 3. The van der Waals surface area contributed by atoms with Crippen LogP contribution in [-0.2, 0) is 4.74 Å². The van der Waals surface area contributed by atoms with E-state index < -0.39 is 5.60 Å². The van der Waals surface area contributed by atoms with E-state index in [0.717, 1.165) is 25.7 Å². The fourth-order valence-corrected chi connectivity index (χ4v) is 2.31. The van der Waals surface area contributed by atoms with Crippen molar-refractivity contribution in [1.29, 1.82) is 0 Å². The van der Waals surface area contributed by atoms with Gasteiger partial charge in [-0.1, -0.05) is 25.7 Å². The summed E-state index contributed by atoms with van der Waals surface area (Å²) in [5, 5.41) is 2.99. The lowest BCUT2D eigenvalue weighted by atomic mass is 9.90. The molecule has 0 spiro atoms. The number of carbonyl (C=O) groups is 1. The highest BCUT2D eigenvalue weighted by molar-refractivity contribution is 5.68. The Balaban J connectivity index is 2.58. The zero-order valence-electron chi connectivity index (χ0n) is 11.3. The van der Waals surface area contributed by atoms with Gasteiger partial charge in [-0.15, -0.1) is 0 Å². The number of carbonyl (C=O) groups excluding carboxylic acids is 1. The van der Waals surface area contributed by atoms with Crippen LogP contribution in [-0.4, -0.2) is 23.8 Å². The van der Waals surface area contributed by atoms with Crippen LogP contribution >= 0.6 is 0 Å². The maximum atomic E-state index is 11.8. The van der Waals surface area contributed by atoms with Crippen LogP contribution in [0.2, 0.25) is 0 Å². The summed E-state index contributed by atoms with van der Waals surface area (Å²) in [7, 11) is 0. The van der Waals surface area contributed by atoms with Gasteiger partial charge in [0.15, 0.2) is 0 Å². The highest BCUT2D eigenvalue weighted by Crippen LogP contribution is 2.26. The van der Waals surface area contributed by atoms with E-state index in [2.05, 4.69) is 5.32 Å². The minimum atomic E-state index is -0.454. The predicted octanol–water partition coefficient (Wildman–Crippen LogP) is 2.56. The quantitative estimate of drug-likeness (QED) is 0.731. The second-order valence-electron chi connectivity index (χ2n) is 6.03. The van der Waals surface area contributed by atoms with E-state index in [-0.39, 0.29) is 11.6 Å². The summed E-state index contributed by atoms with van der Waals surface area (Å²) in [6.07, 6.45) is 6.31. The average Bonchev–Trinajstić information content (AvgIpc) is 2.41. The minimum Gasteiger partial charge on any atom is -0.444 e. The number of rotatable bonds is 2. The van der Waals surface area contributed by atoms with Crippen molar-refractivity contribution in [2.75, 3.05) is 6.54 Å². The lowest BCUT2D eigenvalue weighted by Gasteiger charge is -2.33. The fraction of sp³-hybridized carbons (Fsp3) is 0.923. The summed E-state index contributed by atoms with van der Waals surface area (Å²) in [6, 6.07) is 0. The molecule has 0 bridgehead atoms. The molecule has 0 aliphatic heterocycles. The van der Waals surface area contributed by atoms with Crippen LogP contribution in [0.15, 0.2) is 0 Å². The lowest BCUT2D eigenvalue weighted by Crippen LogP contribution is -2.54. The molecule has 4 heteroatoms. The standard InChI is InChI=1S/C13H26N2O2/c1-12(2,3)17-11(16)15-13(10-14)8-6-4-5-7-9-13/h4-10,14H2,1-3H3,(H,15,16). The first-order chi connectivity index (χ1) is 7.87. The van der Waals surface area contributed by atoms with Gasteiger partial charge in [0.25, 0.3) is 0 Å². The van der Waals surface area contributed by atoms with E-state index in [0.29, 0.717) is 6.54 Å². The largest absolute Gasteiger partial charge is 0.444 e. The van der Waals surface area contributed by atoms with E-state index in [9.17, 15) is 4.79 Å². The van der Waals surface area contributed by atoms with Crippen LogP contribution in [0.3, 0.4) is 0 Å². The van der Waals surface area contributed by atoms with Crippen molar-refractivity contribution < 1.29 is 9.53 Å². The maximum Gasteiger partial charge on any atom is 0.408 e. The van der Waals surface area contributed by atoms with E-state index in [1.54, 1.807) is 0 Å². The summed E-state index contributed by atoms with van der Waals surface area (Å²) in [5.41, 5.74) is 5.14. The third-order valence-corrected chi connectivity index (χ3v) is 3.22. The highest BCUT2D eigenvalue weighted by atomic mass is 16.6. The van der Waals surface area contributed by atoms with Gasteiger partial charge in [-0.25, -0.2) is 4.79 Å². The average molecular weight is 242 g/mol. The lowest BCUT2D eigenvalue weighted by molar-refractivity contribution is 0.0447. The summed E-state index contributed by atoms with van der Waals surface area (Å²) in [4.78, 5) is 11.8. The number of hydrogen-bond donors (Lipinski definition) is 2. The van der Waals surface area contributed by atoms with Crippen molar-refractivity contribution in [1.82, 2.24) is 5.32 Å². The number of alkyl carbamates (subject to hydrolysis) is 1. The maximum absolute atomic E-state index is 11.8. The van der Waals surface area contributed by atoms with E-state index in [1.807, 2.05) is 20.8 Å². The van der Waals surface area contributed by atoms with Gasteiger partial charge in [-0.3, -0.25) is 0 Å². The second-order valence-corrected chi connectivity index (χ2v) is 6.03. The van der Waals surface area contributed by atoms with Crippen molar-refractivity contribution in [3.63, 3.8) is 0 Å². The topological polar surface area (TPSA) is 64.3 Å². The molecule has 1 aliphatic rings. The van der Waals surface area contributed by atoms with Gasteiger partial charge < -0.3 is 15.8 Å². The number of nitrogens with two attached hydrogens (primary N) is 1. The molecule has 1 rings (SSSR count). The Bertz CT molecular complexity index is 251. The summed E-state index contributed by atoms with van der Waals surface area (Å²) in [6.45, 7) is 6.10. The van der Waals surface area contributed by atoms with Gasteiger partial charge >= 0.3 is 6.09 Å². The minimum absolute atomic E-state index is 0.251. The predicted molar refractivity (Wildman–Crippen MR) is 68.9 cm³/mol. The van der Waals surface area contributed by atoms with Crippen LogP contribution < -0.4 is 11.1 Å². The van der Waals surface area contributed by atoms with E-state index >= 15 is 0 Å². The monoisotopic (exact) mass is 242 g/mol. The fourth-order valence-electron chi connectivity index (χ4n) is 2.31. The number of amides is 1. The summed E-state index contributed by atoms with van der Waals surface area (Å²) < 4.78 is 5.30. The van der Waals surface area contributed by atoms with Crippen molar-refractivity contribution >= 4 is 6.09 Å². The first-order valence-electron chi connectivity index (χ1n) is 6.58. The highest BCUT2D eigenvalue weighted by Gasteiger charge is 2.32. The van der Waals surface area contributed by atoms with Crippen LogP contribution in [0.5, 0.6) is 0 Å². The third-order valence-electron chi connectivity index (χ3n) is 3.22. The van der Waals surface area contributed by atoms with E-state index in [4.69, 9.17) is 10.5 Å². The normalized spacial score (nSPS) is 20.5. The molecule has 100 valence electrons. The molecule has 0 unspecified atom stereocenters. The van der Waals surface area contributed by atoms with Gasteiger partial charge in [0.2, 0.25) is 0 Å². The Morgan fingerprint density at radius 1 is 1.24 bits per heavy atom. The molecular formula is C13H26N2O2. The molecule has 0 saturated heterocycles. The molecule has 0 atom stereocenters. The number of nitrogens with one attached hydrogen (secondary N) is 1. The van der Waals surface area contributed by atoms with Crippen molar-refractivity contribution in [2.45, 2.75) is 70.4 Å². The summed E-state index contributed by atoms with van der Waals surface area (Å²) >= 11 is 0. The molecule has 0 aromatic carbocycles. The summed E-state index contributed by atoms with van der Waals surface area (Å²) in [5.74, 6) is 0. The Morgan fingerprint density at radius 3 is 2.18 bits per heavy atom. The van der Waals surface area contributed by atoms with Crippen LogP contribution in [0, 0.1) is 0 Å². The van der Waals surface area contributed by atoms with Gasteiger partial charge in [0.1, 0.15) is 5.60 Å². The molecule has 3 N–H and O–H groups in total. The van der Waals surface area contributed by atoms with Gasteiger partial charge in [-0.05, 0) is 33.6 Å². The smallest absolute Gasteiger partial charge is 0.408 e. The van der Waals surface area contributed by atoms with Gasteiger partial charge in [0.05, 0.1) is 5.54 Å². The molecule has 0 heterocycles. The Morgan fingerprint density at radius 2 is 1.76 bits per heavy atom. The molecule has 0 aromatic rings. The molecule has 0 aromatic heterocycles. The zero-order valence-corrected chi connectivity index (χ0v) is 11.3. The van der Waals surface area contributed by atoms with Gasteiger partial charge in [0, 0.05) is 6.54 Å². The molecule has 17 heavy (non-hydrogen) atoms. The van der Waals surface area contributed by atoms with Crippen molar-refractivity contribution in [2.24, 2.45) is 5.73 Å². The molecule has 1 saturated carbocycles. The van der Waals surface area contributed by atoms with Crippen LogP contribution in [0.25, 0.3) is 0 Å². The van der Waals surface area contributed by atoms with E-state index in [1.165, 1.54) is 12.8 Å². The Kier molecular flexibility index (Phi) is 4.80. The molecule has 0 radical (unpaired) electrons. The van der Waals surface area contributed by atoms with Crippen LogP contribution in [0.1, 0.15) is 59.3 Å². The molecule has 1 amide bonds. The Labute approximate surface area is 104 Å². The number of ether oxygens (including phenoxy) is 1. The first-order valence-corrected chi connectivity index (χ1v) is 6.58. The van der Waals surface area contributed by atoms with Crippen molar-refractivity contribution in [3.05, 3.63) is 0 Å². The second kappa shape index (κ2) is 5.71. The van der Waals surface area contributed by atoms with Crippen molar-refractivity contribution in [3.8, 4) is 0 Å². The van der Waals surface area contributed by atoms with Gasteiger partial charge in [-0.2, -0.15) is 0 Å². The van der Waals surface area contributed by atoms with Crippen LogP contribution in [0.4, 0.5) is 4.79 Å². The molecule has 4 nitrogen and oxygen atoms in total.